The molecule has 2 aromatic carbocycles. The molecule has 0 fully saturated rings. The second-order valence-corrected chi connectivity index (χ2v) is 5.25. The van der Waals surface area contributed by atoms with Gasteiger partial charge in [-0.15, -0.1) is 0 Å². The van der Waals surface area contributed by atoms with Gasteiger partial charge < -0.3 is 25.8 Å². The second-order valence-electron chi connectivity index (χ2n) is 5.25. The zero-order chi connectivity index (χ0) is 18.1. The maximum absolute atomic E-state index is 11.6. The molecule has 0 spiro atoms. The zero-order valence-electron chi connectivity index (χ0n) is 14.0. The van der Waals surface area contributed by atoms with Gasteiger partial charge in [0.2, 0.25) is 5.91 Å². The van der Waals surface area contributed by atoms with Gasteiger partial charge in [-0.2, -0.15) is 0 Å². The first-order chi connectivity index (χ1) is 12.1. The van der Waals surface area contributed by atoms with Gasteiger partial charge in [0.1, 0.15) is 6.61 Å². The van der Waals surface area contributed by atoms with Crippen LogP contribution in [0.15, 0.2) is 48.5 Å². The van der Waals surface area contributed by atoms with Gasteiger partial charge in [0.15, 0.2) is 11.5 Å². The minimum absolute atomic E-state index is 0.162. The monoisotopic (exact) mass is 343 g/mol. The van der Waals surface area contributed by atoms with Crippen LogP contribution in [0.3, 0.4) is 0 Å². The molecule has 0 unspecified atom stereocenters. The molecule has 7 nitrogen and oxygen atoms in total. The van der Waals surface area contributed by atoms with Crippen molar-refractivity contribution in [3.8, 4) is 11.5 Å². The van der Waals surface area contributed by atoms with Crippen LogP contribution in [-0.2, 0) is 17.9 Å². The van der Waals surface area contributed by atoms with Gasteiger partial charge in [-0.3, -0.25) is 4.79 Å². The number of methoxy groups -OCH3 is 1. The van der Waals surface area contributed by atoms with E-state index in [9.17, 15) is 9.59 Å². The molecule has 0 aromatic heterocycles. The summed E-state index contributed by atoms with van der Waals surface area (Å²) in [7, 11) is 1.56. The third-order valence-corrected chi connectivity index (χ3v) is 3.38. The summed E-state index contributed by atoms with van der Waals surface area (Å²) in [5.41, 5.74) is 6.81. The van der Waals surface area contributed by atoms with E-state index >= 15 is 0 Å². The highest BCUT2D eigenvalue weighted by molar-refractivity contribution is 5.83. The van der Waals surface area contributed by atoms with E-state index in [0.29, 0.717) is 24.7 Å². The largest absolute Gasteiger partial charge is 0.493 e. The number of carbonyl (C=O) groups excluding carboxylic acids is 2. The highest BCUT2D eigenvalue weighted by atomic mass is 16.5. The second kappa shape index (κ2) is 9.17. The number of nitrogens with one attached hydrogen (secondary N) is 2. The van der Waals surface area contributed by atoms with E-state index < -0.39 is 6.03 Å². The van der Waals surface area contributed by atoms with Crippen molar-refractivity contribution in [2.75, 3.05) is 13.7 Å². The van der Waals surface area contributed by atoms with E-state index in [-0.39, 0.29) is 12.5 Å². The maximum atomic E-state index is 11.6. The highest BCUT2D eigenvalue weighted by Crippen LogP contribution is 2.28. The van der Waals surface area contributed by atoms with Gasteiger partial charge in [-0.25, -0.2) is 4.79 Å². The fraction of sp³-hybridized carbons (Fsp3) is 0.222. The number of benzene rings is 2. The van der Waals surface area contributed by atoms with Crippen LogP contribution in [0.5, 0.6) is 11.5 Å². The van der Waals surface area contributed by atoms with Crippen LogP contribution >= 0.6 is 0 Å². The summed E-state index contributed by atoms with van der Waals surface area (Å²) < 4.78 is 11.1. The van der Waals surface area contributed by atoms with E-state index in [1.165, 1.54) is 0 Å². The lowest BCUT2D eigenvalue weighted by Crippen LogP contribution is -2.39. The fourth-order valence-corrected chi connectivity index (χ4v) is 2.11. The molecule has 0 aliphatic carbocycles. The molecule has 4 N–H and O–H groups in total. The van der Waals surface area contributed by atoms with Gasteiger partial charge in [0.25, 0.3) is 0 Å². The van der Waals surface area contributed by atoms with Gasteiger partial charge >= 0.3 is 6.03 Å². The Balaban J connectivity index is 1.91. The molecule has 0 radical (unpaired) electrons. The summed E-state index contributed by atoms with van der Waals surface area (Å²) in [5.74, 6) is 0.872. The average Bonchev–Trinajstić information content (AvgIpc) is 2.64. The van der Waals surface area contributed by atoms with Crippen molar-refractivity contribution in [2.45, 2.75) is 13.2 Å². The summed E-state index contributed by atoms with van der Waals surface area (Å²) in [4.78, 5) is 22.1. The summed E-state index contributed by atoms with van der Waals surface area (Å²) in [5, 5.41) is 4.90. The van der Waals surface area contributed by atoms with Crippen LogP contribution in [0.4, 0.5) is 4.79 Å². The van der Waals surface area contributed by atoms with E-state index in [0.717, 1.165) is 11.1 Å². The Labute approximate surface area is 146 Å². The average molecular weight is 343 g/mol. The molecule has 0 atom stereocenters. The van der Waals surface area contributed by atoms with Gasteiger partial charge in [-0.05, 0) is 23.3 Å². The van der Waals surface area contributed by atoms with Crippen LogP contribution in [0.2, 0.25) is 0 Å². The lowest BCUT2D eigenvalue weighted by Gasteiger charge is -2.13. The number of amides is 3. The molecule has 0 saturated heterocycles. The smallest absolute Gasteiger partial charge is 0.312 e. The Hall–Kier alpha value is -3.22. The number of rotatable bonds is 8. The Morgan fingerprint density at radius 1 is 1.00 bits per heavy atom. The first-order valence-electron chi connectivity index (χ1n) is 7.72. The van der Waals surface area contributed by atoms with E-state index in [2.05, 4.69) is 10.6 Å². The molecule has 2 aromatic rings. The number of carbonyl (C=O) groups is 2. The van der Waals surface area contributed by atoms with Crippen LogP contribution < -0.4 is 25.8 Å². The quantitative estimate of drug-likeness (QED) is 0.677. The SMILES string of the molecule is COc1cc(CNC(=O)CNC(N)=O)ccc1OCc1ccccc1. The molecule has 2 rings (SSSR count). The fourth-order valence-electron chi connectivity index (χ4n) is 2.11. The van der Waals surface area contributed by atoms with Gasteiger partial charge in [0, 0.05) is 6.54 Å². The Kier molecular flexibility index (Phi) is 6.65. The van der Waals surface area contributed by atoms with Crippen LogP contribution in [-0.4, -0.2) is 25.6 Å². The minimum atomic E-state index is -0.739. The van der Waals surface area contributed by atoms with Crippen LogP contribution in [0.1, 0.15) is 11.1 Å². The Morgan fingerprint density at radius 3 is 2.44 bits per heavy atom. The summed E-state index contributed by atoms with van der Waals surface area (Å²) in [6, 6.07) is 14.5. The van der Waals surface area contributed by atoms with Crippen molar-refractivity contribution in [1.29, 1.82) is 0 Å². The topological polar surface area (TPSA) is 103 Å². The van der Waals surface area contributed by atoms with Gasteiger partial charge in [-0.1, -0.05) is 36.4 Å². The molecule has 0 aliphatic rings. The molecule has 0 bridgehead atoms. The molecule has 0 aliphatic heterocycles. The molecule has 3 amide bonds. The maximum Gasteiger partial charge on any atom is 0.312 e. The summed E-state index contributed by atoms with van der Waals surface area (Å²) in [6.45, 7) is 0.575. The third kappa shape index (κ3) is 6.06. The normalized spacial score (nSPS) is 9.96. The predicted molar refractivity (Wildman–Crippen MR) is 93.2 cm³/mol. The Bertz CT molecular complexity index is 720. The molecule has 25 heavy (non-hydrogen) atoms. The first kappa shape index (κ1) is 18.1. The predicted octanol–water partition coefficient (Wildman–Crippen LogP) is 1.56. The van der Waals surface area contributed by atoms with Gasteiger partial charge in [0.05, 0.1) is 13.7 Å². The number of hydrogen-bond acceptors (Lipinski definition) is 4. The third-order valence-electron chi connectivity index (χ3n) is 3.38. The highest BCUT2D eigenvalue weighted by Gasteiger charge is 2.08. The van der Waals surface area contributed by atoms with Crippen LogP contribution in [0, 0.1) is 0 Å². The number of ether oxygens (including phenoxy) is 2. The molecular weight excluding hydrogens is 322 g/mol. The molecule has 7 heteroatoms. The lowest BCUT2D eigenvalue weighted by molar-refractivity contribution is -0.120. The summed E-state index contributed by atoms with van der Waals surface area (Å²) >= 11 is 0. The van der Waals surface area contributed by atoms with E-state index in [1.54, 1.807) is 19.2 Å². The molecule has 132 valence electrons. The first-order valence-corrected chi connectivity index (χ1v) is 7.72. The number of urea groups is 1. The lowest BCUT2D eigenvalue weighted by atomic mass is 10.2. The van der Waals surface area contributed by atoms with Crippen molar-refractivity contribution >= 4 is 11.9 Å². The Morgan fingerprint density at radius 2 is 1.76 bits per heavy atom. The van der Waals surface area contributed by atoms with Crippen molar-refractivity contribution in [1.82, 2.24) is 10.6 Å². The molecular formula is C18H21N3O4. The standard InChI is InChI=1S/C18H21N3O4/c1-24-16-9-14(10-20-17(22)11-21-18(19)23)7-8-15(16)25-12-13-5-3-2-4-6-13/h2-9H,10-12H2,1H3,(H,20,22)(H3,19,21,23). The van der Waals surface area contributed by atoms with Crippen LogP contribution in [0.25, 0.3) is 0 Å². The van der Waals surface area contributed by atoms with Crippen molar-refractivity contribution in [3.63, 3.8) is 0 Å². The number of hydrogen-bond donors (Lipinski definition) is 3. The number of nitrogens with two attached hydrogens (primary N) is 1. The van der Waals surface area contributed by atoms with E-state index in [1.807, 2.05) is 36.4 Å². The number of primary amides is 1. The zero-order valence-corrected chi connectivity index (χ0v) is 14.0. The van der Waals surface area contributed by atoms with Crippen molar-refractivity contribution in [2.24, 2.45) is 5.73 Å². The minimum Gasteiger partial charge on any atom is -0.493 e. The molecule has 0 saturated carbocycles. The van der Waals surface area contributed by atoms with Crippen molar-refractivity contribution < 1.29 is 19.1 Å². The molecule has 0 heterocycles. The van der Waals surface area contributed by atoms with Crippen molar-refractivity contribution in [3.05, 3.63) is 59.7 Å². The van der Waals surface area contributed by atoms with E-state index in [4.69, 9.17) is 15.2 Å². The summed E-state index contributed by atoms with van der Waals surface area (Å²) in [6.07, 6.45) is 0.